The van der Waals surface area contributed by atoms with E-state index in [-0.39, 0.29) is 31.6 Å². The molecule has 0 aliphatic heterocycles. The monoisotopic (exact) mass is 522 g/mol. The molecule has 2 fully saturated rings. The lowest BCUT2D eigenvalue weighted by atomic mass is 10.1. The molecule has 5 rings (SSSR count). The SMILES string of the molecule is CCCSc1nc(N[C@@H]2C[C@@H]2c2ccc(F)c(F)c2)c2nnn([C@H]3C[C@@H](OCCO)[C@H](O)[C@@H]3O)c2n1. The minimum absolute atomic E-state index is 0.00291. The molecule has 4 N–H and O–H groups in total. The standard InChI is InChI=1S/C23H28F2N6O4S/c1-2-7-36-23-27-21(26-15-9-12(15)11-3-4-13(24)14(25)8-11)18-22(28-23)31(30-29-18)16-10-17(35-6-5-32)20(34)19(16)33/h3-4,8,12,15-17,19-20,32-34H,2,5-7,9-10H2,1H3,(H,26,27,28)/t12-,15-,16+,17-,19-,20+/m1/s1. The molecule has 6 atom stereocenters. The number of nitrogens with zero attached hydrogens (tertiary/aromatic N) is 5. The molecule has 0 unspecified atom stereocenters. The average Bonchev–Trinajstić information content (AvgIpc) is 3.41. The second-order valence-electron chi connectivity index (χ2n) is 9.09. The summed E-state index contributed by atoms with van der Waals surface area (Å²) in [5.74, 6) is -0.472. The van der Waals surface area contributed by atoms with Gasteiger partial charge in [-0.1, -0.05) is 30.0 Å². The largest absolute Gasteiger partial charge is 0.394 e. The smallest absolute Gasteiger partial charge is 0.191 e. The van der Waals surface area contributed by atoms with Crippen LogP contribution in [0.5, 0.6) is 0 Å². The van der Waals surface area contributed by atoms with Crippen LogP contribution >= 0.6 is 11.8 Å². The van der Waals surface area contributed by atoms with Crippen LogP contribution in [0.2, 0.25) is 0 Å². The molecule has 2 aliphatic carbocycles. The molecule has 0 spiro atoms. The molecule has 1 aromatic carbocycles. The van der Waals surface area contributed by atoms with Crippen LogP contribution in [-0.2, 0) is 4.74 Å². The van der Waals surface area contributed by atoms with Crippen molar-refractivity contribution >= 4 is 28.7 Å². The highest BCUT2D eigenvalue weighted by Crippen LogP contribution is 2.44. The molecule has 194 valence electrons. The number of aromatic nitrogens is 5. The van der Waals surface area contributed by atoms with Gasteiger partial charge in [0.25, 0.3) is 0 Å². The van der Waals surface area contributed by atoms with Crippen molar-refractivity contribution in [2.24, 2.45) is 0 Å². The number of anilines is 1. The Hall–Kier alpha value is -2.45. The molecule has 0 saturated heterocycles. The molecule has 0 amide bonds. The zero-order chi connectivity index (χ0) is 25.4. The minimum Gasteiger partial charge on any atom is -0.394 e. The van der Waals surface area contributed by atoms with Crippen LogP contribution < -0.4 is 5.32 Å². The highest BCUT2D eigenvalue weighted by molar-refractivity contribution is 7.99. The normalized spacial score (nSPS) is 27.6. The van der Waals surface area contributed by atoms with E-state index in [2.05, 4.69) is 32.5 Å². The first kappa shape index (κ1) is 25.2. The summed E-state index contributed by atoms with van der Waals surface area (Å²) in [5.41, 5.74) is 1.53. The number of fused-ring (bicyclic) bond motifs is 1. The molecular formula is C23H28F2N6O4S. The zero-order valence-corrected chi connectivity index (χ0v) is 20.4. The van der Waals surface area contributed by atoms with Crippen LogP contribution in [0.25, 0.3) is 11.2 Å². The predicted octanol–water partition coefficient (Wildman–Crippen LogP) is 2.01. The Morgan fingerprint density at radius 2 is 2.00 bits per heavy atom. The number of ether oxygens (including phenoxy) is 1. The number of aliphatic hydroxyl groups excluding tert-OH is 3. The van der Waals surface area contributed by atoms with Crippen molar-refractivity contribution in [2.45, 2.75) is 67.7 Å². The Labute approximate surface area is 210 Å². The van der Waals surface area contributed by atoms with Crippen LogP contribution in [0.15, 0.2) is 23.4 Å². The van der Waals surface area contributed by atoms with Gasteiger partial charge in [0.05, 0.1) is 25.4 Å². The summed E-state index contributed by atoms with van der Waals surface area (Å²) in [5, 5.41) is 42.5. The van der Waals surface area contributed by atoms with Gasteiger partial charge in [-0.25, -0.2) is 23.4 Å². The van der Waals surface area contributed by atoms with Crippen LogP contribution in [0.3, 0.4) is 0 Å². The molecular weight excluding hydrogens is 494 g/mol. The molecule has 2 heterocycles. The fourth-order valence-corrected chi connectivity index (χ4v) is 5.31. The van der Waals surface area contributed by atoms with Gasteiger partial charge in [0.2, 0.25) is 0 Å². The Kier molecular flexibility index (Phi) is 7.35. The van der Waals surface area contributed by atoms with E-state index >= 15 is 0 Å². The summed E-state index contributed by atoms with van der Waals surface area (Å²) in [7, 11) is 0. The van der Waals surface area contributed by atoms with Crippen molar-refractivity contribution in [1.29, 1.82) is 0 Å². The predicted molar refractivity (Wildman–Crippen MR) is 128 cm³/mol. The summed E-state index contributed by atoms with van der Waals surface area (Å²) >= 11 is 1.48. The van der Waals surface area contributed by atoms with Gasteiger partial charge in [0, 0.05) is 24.1 Å². The number of aliphatic hydroxyl groups is 3. The number of halogens is 2. The van der Waals surface area contributed by atoms with E-state index in [4.69, 9.17) is 9.84 Å². The zero-order valence-electron chi connectivity index (χ0n) is 19.6. The highest BCUT2D eigenvalue weighted by atomic mass is 32.2. The summed E-state index contributed by atoms with van der Waals surface area (Å²) in [4.78, 5) is 9.27. The van der Waals surface area contributed by atoms with E-state index in [1.54, 1.807) is 6.07 Å². The Morgan fingerprint density at radius 3 is 2.75 bits per heavy atom. The fourth-order valence-electron chi connectivity index (χ4n) is 4.61. The van der Waals surface area contributed by atoms with Crippen molar-refractivity contribution in [3.05, 3.63) is 35.4 Å². The molecule has 2 aliphatic rings. The van der Waals surface area contributed by atoms with Crippen molar-refractivity contribution < 1.29 is 28.8 Å². The third-order valence-electron chi connectivity index (χ3n) is 6.56. The van der Waals surface area contributed by atoms with Gasteiger partial charge in [-0.3, -0.25) is 0 Å². The maximum Gasteiger partial charge on any atom is 0.191 e. The lowest BCUT2D eigenvalue weighted by Gasteiger charge is -2.17. The molecule has 10 nitrogen and oxygen atoms in total. The molecule has 2 aromatic heterocycles. The number of thioether (sulfide) groups is 1. The van der Waals surface area contributed by atoms with Crippen molar-refractivity contribution in [2.75, 3.05) is 24.3 Å². The third-order valence-corrected chi connectivity index (χ3v) is 7.61. The number of hydrogen-bond donors (Lipinski definition) is 4. The number of rotatable bonds is 10. The van der Waals surface area contributed by atoms with Crippen molar-refractivity contribution in [3.63, 3.8) is 0 Å². The van der Waals surface area contributed by atoms with E-state index in [0.29, 0.717) is 27.7 Å². The highest BCUT2D eigenvalue weighted by Gasteiger charge is 2.45. The molecule has 0 radical (unpaired) electrons. The topological polar surface area (TPSA) is 138 Å². The lowest BCUT2D eigenvalue weighted by Crippen LogP contribution is -2.33. The van der Waals surface area contributed by atoms with Crippen molar-refractivity contribution in [1.82, 2.24) is 25.0 Å². The van der Waals surface area contributed by atoms with Crippen LogP contribution in [0, 0.1) is 11.6 Å². The van der Waals surface area contributed by atoms with Gasteiger partial charge in [0.15, 0.2) is 33.8 Å². The quantitative estimate of drug-likeness (QED) is 0.231. The first-order valence-corrected chi connectivity index (χ1v) is 13.0. The van der Waals surface area contributed by atoms with E-state index in [1.165, 1.54) is 22.5 Å². The van der Waals surface area contributed by atoms with Crippen LogP contribution in [0.1, 0.15) is 43.7 Å². The Bertz CT molecular complexity index is 1230. The van der Waals surface area contributed by atoms with Gasteiger partial charge < -0.3 is 25.4 Å². The van der Waals surface area contributed by atoms with Crippen LogP contribution in [0.4, 0.5) is 14.6 Å². The number of nitrogens with one attached hydrogen (secondary N) is 1. The van der Waals surface area contributed by atoms with Gasteiger partial charge >= 0.3 is 0 Å². The summed E-state index contributed by atoms with van der Waals surface area (Å²) in [6.07, 6.45) is -1.04. The summed E-state index contributed by atoms with van der Waals surface area (Å²) in [6, 6.07) is 3.26. The minimum atomic E-state index is -1.15. The number of benzene rings is 1. The number of hydrogen-bond acceptors (Lipinski definition) is 10. The summed E-state index contributed by atoms with van der Waals surface area (Å²) < 4.78 is 34.0. The second-order valence-corrected chi connectivity index (χ2v) is 10.2. The third kappa shape index (κ3) is 4.90. The molecule has 13 heteroatoms. The van der Waals surface area contributed by atoms with Gasteiger partial charge in [-0.2, -0.15) is 0 Å². The van der Waals surface area contributed by atoms with Crippen molar-refractivity contribution in [3.8, 4) is 0 Å². The lowest BCUT2D eigenvalue weighted by molar-refractivity contribution is -0.0629. The second kappa shape index (κ2) is 10.5. The van der Waals surface area contributed by atoms with E-state index in [1.807, 2.05) is 0 Å². The molecule has 36 heavy (non-hydrogen) atoms. The average molecular weight is 523 g/mol. The Morgan fingerprint density at radius 1 is 1.17 bits per heavy atom. The van der Waals surface area contributed by atoms with Crippen LogP contribution in [-0.4, -0.2) is 83.6 Å². The molecule has 2 saturated carbocycles. The van der Waals surface area contributed by atoms with E-state index in [9.17, 15) is 19.0 Å². The maximum absolute atomic E-state index is 13.7. The van der Waals surface area contributed by atoms with Gasteiger partial charge in [-0.15, -0.1) is 5.10 Å². The first-order chi connectivity index (χ1) is 17.4. The Balaban J connectivity index is 1.43. The van der Waals surface area contributed by atoms with Gasteiger partial charge in [0.1, 0.15) is 12.2 Å². The molecule has 0 bridgehead atoms. The maximum atomic E-state index is 13.7. The molecule has 3 aromatic rings. The van der Waals surface area contributed by atoms with E-state index in [0.717, 1.165) is 24.7 Å². The summed E-state index contributed by atoms with van der Waals surface area (Å²) in [6.45, 7) is 1.91. The first-order valence-electron chi connectivity index (χ1n) is 12.0. The van der Waals surface area contributed by atoms with Gasteiger partial charge in [-0.05, 0) is 30.5 Å². The fraction of sp³-hybridized carbons (Fsp3) is 0.565. The van der Waals surface area contributed by atoms with E-state index < -0.39 is 36.0 Å².